The summed E-state index contributed by atoms with van der Waals surface area (Å²) in [5.74, 6) is 0.431. The van der Waals surface area contributed by atoms with E-state index in [4.69, 9.17) is 17.3 Å². The summed E-state index contributed by atoms with van der Waals surface area (Å²) in [7, 11) is 0. The van der Waals surface area contributed by atoms with Crippen LogP contribution in [0.5, 0.6) is 0 Å². The Labute approximate surface area is 119 Å². The maximum atomic E-state index is 12.4. The maximum Gasteiger partial charge on any atom is 0.244 e. The van der Waals surface area contributed by atoms with Crippen molar-refractivity contribution in [1.29, 1.82) is 0 Å². The number of benzene rings is 1. The fourth-order valence-corrected chi connectivity index (χ4v) is 3.04. The molecule has 0 saturated heterocycles. The number of halogens is 1. The third-order valence-corrected chi connectivity index (χ3v) is 4.16. The van der Waals surface area contributed by atoms with Crippen LogP contribution in [0, 0.1) is 12.8 Å². The molecule has 0 bridgehead atoms. The first-order chi connectivity index (χ1) is 8.90. The number of nitrogens with one attached hydrogen (secondary N) is 1. The van der Waals surface area contributed by atoms with Gasteiger partial charge in [0.05, 0.1) is 5.54 Å². The lowest BCUT2D eigenvalue weighted by molar-refractivity contribution is -0.122. The number of hydrogen-bond acceptors (Lipinski definition) is 2. The molecule has 1 aliphatic rings. The van der Waals surface area contributed by atoms with Gasteiger partial charge in [0.1, 0.15) is 0 Å². The Kier molecular flexibility index (Phi) is 4.16. The average Bonchev–Trinajstić information content (AvgIpc) is 2.32. The normalized spacial score (nSPS) is 27.1. The van der Waals surface area contributed by atoms with Gasteiger partial charge < -0.3 is 11.1 Å². The first kappa shape index (κ1) is 14.4. The first-order valence-corrected chi connectivity index (χ1v) is 7.15. The molecule has 19 heavy (non-hydrogen) atoms. The van der Waals surface area contributed by atoms with E-state index in [1.165, 1.54) is 0 Å². The molecule has 0 aliphatic heterocycles. The van der Waals surface area contributed by atoms with Crippen molar-refractivity contribution in [3.05, 3.63) is 28.8 Å². The van der Waals surface area contributed by atoms with Crippen LogP contribution in [0.25, 0.3) is 0 Å². The van der Waals surface area contributed by atoms with Gasteiger partial charge in [0.2, 0.25) is 5.91 Å². The van der Waals surface area contributed by atoms with Crippen molar-refractivity contribution in [2.24, 2.45) is 11.7 Å². The van der Waals surface area contributed by atoms with Gasteiger partial charge in [-0.25, -0.2) is 0 Å². The number of hydrogen-bond donors (Lipinski definition) is 2. The second-order valence-corrected chi connectivity index (χ2v) is 6.21. The molecule has 0 heterocycles. The van der Waals surface area contributed by atoms with Crippen LogP contribution in [0.15, 0.2) is 18.2 Å². The van der Waals surface area contributed by atoms with E-state index in [0.29, 0.717) is 10.9 Å². The molecular formula is C15H21ClN2O. The monoisotopic (exact) mass is 280 g/mol. The molecule has 0 aromatic heterocycles. The van der Waals surface area contributed by atoms with E-state index in [0.717, 1.165) is 36.9 Å². The highest BCUT2D eigenvalue weighted by Gasteiger charge is 2.38. The lowest BCUT2D eigenvalue weighted by Gasteiger charge is -2.35. The summed E-state index contributed by atoms with van der Waals surface area (Å²) in [4.78, 5) is 12.4. The molecule has 2 rings (SSSR count). The molecule has 0 spiro atoms. The number of rotatable bonds is 2. The van der Waals surface area contributed by atoms with Crippen LogP contribution in [0.4, 0.5) is 5.69 Å². The van der Waals surface area contributed by atoms with Crippen molar-refractivity contribution in [2.75, 3.05) is 5.32 Å². The predicted molar refractivity (Wildman–Crippen MR) is 79.4 cm³/mol. The zero-order valence-electron chi connectivity index (χ0n) is 11.5. The predicted octanol–water partition coefficient (Wildman–Crippen LogP) is 3.49. The molecule has 0 radical (unpaired) electrons. The van der Waals surface area contributed by atoms with Gasteiger partial charge in [-0.2, -0.15) is 0 Å². The summed E-state index contributed by atoms with van der Waals surface area (Å²) in [6.07, 6.45) is 3.69. The van der Waals surface area contributed by atoms with Crippen molar-refractivity contribution >= 4 is 23.2 Å². The Hall–Kier alpha value is -1.06. The molecule has 104 valence electrons. The molecule has 1 fully saturated rings. The topological polar surface area (TPSA) is 55.1 Å². The van der Waals surface area contributed by atoms with Crippen molar-refractivity contribution in [3.8, 4) is 0 Å². The molecule has 2 unspecified atom stereocenters. The van der Waals surface area contributed by atoms with E-state index >= 15 is 0 Å². The molecule has 1 aromatic carbocycles. The minimum Gasteiger partial charge on any atom is -0.324 e. The van der Waals surface area contributed by atoms with Crippen LogP contribution in [0.3, 0.4) is 0 Å². The van der Waals surface area contributed by atoms with Gasteiger partial charge in [0.25, 0.3) is 0 Å². The number of carbonyl (C=O) groups is 1. The highest BCUT2D eigenvalue weighted by molar-refractivity contribution is 6.30. The molecule has 1 aromatic rings. The zero-order valence-corrected chi connectivity index (χ0v) is 12.3. The lowest BCUT2D eigenvalue weighted by Crippen LogP contribution is -2.53. The highest BCUT2D eigenvalue weighted by atomic mass is 35.5. The van der Waals surface area contributed by atoms with Crippen LogP contribution >= 0.6 is 11.6 Å². The van der Waals surface area contributed by atoms with Gasteiger partial charge >= 0.3 is 0 Å². The Morgan fingerprint density at radius 1 is 1.53 bits per heavy atom. The van der Waals surface area contributed by atoms with E-state index in [2.05, 4.69) is 12.2 Å². The van der Waals surface area contributed by atoms with Crippen molar-refractivity contribution in [2.45, 2.75) is 45.1 Å². The summed E-state index contributed by atoms with van der Waals surface area (Å²) in [5.41, 5.74) is 7.29. The molecule has 2 atom stereocenters. The van der Waals surface area contributed by atoms with E-state index in [9.17, 15) is 4.79 Å². The number of amides is 1. The summed E-state index contributed by atoms with van der Waals surface area (Å²) in [6, 6.07) is 5.44. The average molecular weight is 281 g/mol. The van der Waals surface area contributed by atoms with Crippen molar-refractivity contribution in [3.63, 3.8) is 0 Å². The summed E-state index contributed by atoms with van der Waals surface area (Å²) >= 11 is 5.91. The fraction of sp³-hybridized carbons (Fsp3) is 0.533. The molecule has 3 N–H and O–H groups in total. The third-order valence-electron chi connectivity index (χ3n) is 3.92. The van der Waals surface area contributed by atoms with Gasteiger partial charge in [0, 0.05) is 10.7 Å². The zero-order chi connectivity index (χ0) is 14.0. The van der Waals surface area contributed by atoms with Crippen LogP contribution < -0.4 is 11.1 Å². The van der Waals surface area contributed by atoms with Crippen LogP contribution in [0.2, 0.25) is 5.02 Å². The summed E-state index contributed by atoms with van der Waals surface area (Å²) in [5, 5.41) is 3.62. The second kappa shape index (κ2) is 5.51. The summed E-state index contributed by atoms with van der Waals surface area (Å²) in [6.45, 7) is 4.08. The molecular weight excluding hydrogens is 260 g/mol. The Morgan fingerprint density at radius 2 is 2.26 bits per heavy atom. The molecule has 1 aliphatic carbocycles. The van der Waals surface area contributed by atoms with Gasteiger partial charge in [0.15, 0.2) is 0 Å². The van der Waals surface area contributed by atoms with Crippen LogP contribution in [-0.2, 0) is 4.79 Å². The smallest absolute Gasteiger partial charge is 0.244 e. The quantitative estimate of drug-likeness (QED) is 0.871. The Morgan fingerprint density at radius 3 is 2.89 bits per heavy atom. The summed E-state index contributed by atoms with van der Waals surface area (Å²) < 4.78 is 0. The largest absolute Gasteiger partial charge is 0.324 e. The van der Waals surface area contributed by atoms with Gasteiger partial charge in [-0.1, -0.05) is 31.4 Å². The highest BCUT2D eigenvalue weighted by Crippen LogP contribution is 2.31. The van der Waals surface area contributed by atoms with Gasteiger partial charge in [-0.15, -0.1) is 0 Å². The maximum absolute atomic E-state index is 12.4. The molecule has 1 saturated carbocycles. The Bertz CT molecular complexity index is 489. The molecule has 1 amide bonds. The van der Waals surface area contributed by atoms with Gasteiger partial charge in [-0.3, -0.25) is 4.79 Å². The number of carbonyl (C=O) groups excluding carboxylic acids is 1. The number of aryl methyl sites for hydroxylation is 1. The number of anilines is 1. The number of nitrogens with two attached hydrogens (primary N) is 1. The van der Waals surface area contributed by atoms with E-state index in [-0.39, 0.29) is 5.91 Å². The fourth-order valence-electron chi connectivity index (χ4n) is 2.81. The van der Waals surface area contributed by atoms with E-state index in [1.54, 1.807) is 6.07 Å². The Balaban J connectivity index is 2.12. The van der Waals surface area contributed by atoms with E-state index in [1.807, 2.05) is 19.1 Å². The minimum absolute atomic E-state index is 0.0792. The molecule has 4 heteroatoms. The van der Waals surface area contributed by atoms with Crippen LogP contribution in [-0.4, -0.2) is 11.4 Å². The van der Waals surface area contributed by atoms with Crippen molar-refractivity contribution < 1.29 is 4.79 Å². The second-order valence-electron chi connectivity index (χ2n) is 5.77. The lowest BCUT2D eigenvalue weighted by atomic mass is 9.76. The minimum atomic E-state index is -0.732. The SMILES string of the molecule is Cc1cc(Cl)ccc1NC(=O)C1(N)CCCC(C)C1. The first-order valence-electron chi connectivity index (χ1n) is 6.77. The standard InChI is InChI=1S/C15H21ClN2O/c1-10-4-3-7-15(17,9-10)14(19)18-13-6-5-12(16)8-11(13)2/h5-6,8,10H,3-4,7,9,17H2,1-2H3,(H,18,19). The van der Waals surface area contributed by atoms with Crippen molar-refractivity contribution in [1.82, 2.24) is 0 Å². The third kappa shape index (κ3) is 3.28. The van der Waals surface area contributed by atoms with Crippen LogP contribution in [0.1, 0.15) is 38.2 Å². The molecule has 3 nitrogen and oxygen atoms in total. The van der Waals surface area contributed by atoms with E-state index < -0.39 is 5.54 Å². The van der Waals surface area contributed by atoms with Gasteiger partial charge in [-0.05, 0) is 49.4 Å².